The number of carbonyl (C=O) groups is 2. The van der Waals surface area contributed by atoms with Gasteiger partial charge in [0.15, 0.2) is 0 Å². The lowest BCUT2D eigenvalue weighted by Gasteiger charge is -2.56. The van der Waals surface area contributed by atoms with Crippen LogP contribution in [0.4, 0.5) is 0 Å². The number of hydrogen-bond acceptors (Lipinski definition) is 5. The molecule has 7 heteroatoms. The van der Waals surface area contributed by atoms with Crippen LogP contribution in [0, 0.1) is 35.5 Å². The highest BCUT2D eigenvalue weighted by Gasteiger charge is 2.53. The van der Waals surface area contributed by atoms with Gasteiger partial charge in [-0.3, -0.25) is 9.59 Å². The molecule has 166 valence electrons. The maximum atomic E-state index is 12.9. The van der Waals surface area contributed by atoms with Crippen LogP contribution < -0.4 is 10.6 Å². The minimum absolute atomic E-state index is 0.0774. The van der Waals surface area contributed by atoms with Gasteiger partial charge in [0.2, 0.25) is 0 Å². The number of carbonyl (C=O) groups excluding carboxylic acids is 2. The first-order chi connectivity index (χ1) is 14.9. The van der Waals surface area contributed by atoms with E-state index in [1.165, 1.54) is 38.5 Å². The zero-order valence-electron chi connectivity index (χ0n) is 18.1. The van der Waals surface area contributed by atoms with Crippen molar-refractivity contribution in [3.63, 3.8) is 0 Å². The lowest BCUT2D eigenvalue weighted by Crippen LogP contribution is -2.60. The van der Waals surface area contributed by atoms with Crippen LogP contribution in [-0.2, 0) is 0 Å². The van der Waals surface area contributed by atoms with Gasteiger partial charge in [0.05, 0.1) is 0 Å². The van der Waals surface area contributed by atoms with E-state index in [1.807, 2.05) is 0 Å². The third-order valence-electron chi connectivity index (χ3n) is 9.65. The summed E-state index contributed by atoms with van der Waals surface area (Å²) in [6.45, 7) is 0. The molecule has 1 heterocycles. The van der Waals surface area contributed by atoms with E-state index in [1.54, 1.807) is 0 Å². The Bertz CT molecular complexity index is 794. The summed E-state index contributed by atoms with van der Waals surface area (Å²) in [5.74, 6) is 3.69. The molecule has 0 aliphatic heterocycles. The molecular weight excluding hydrogens is 392 g/mol. The number of nitrogens with zero attached hydrogens (tertiary/aromatic N) is 2. The Morgan fingerprint density at radius 3 is 1.19 bits per heavy atom. The molecule has 8 aliphatic rings. The zero-order chi connectivity index (χ0) is 20.8. The molecule has 2 N–H and O–H groups in total. The number of nitrogens with one attached hydrogen (secondary N) is 2. The highest BCUT2D eigenvalue weighted by Crippen LogP contribution is 2.56. The molecule has 9 rings (SSSR count). The van der Waals surface area contributed by atoms with Crippen molar-refractivity contribution in [1.29, 1.82) is 0 Å². The average molecular weight is 425 g/mol. The van der Waals surface area contributed by atoms with E-state index in [9.17, 15) is 9.59 Å². The van der Waals surface area contributed by atoms with Crippen molar-refractivity contribution < 1.29 is 14.0 Å². The van der Waals surface area contributed by atoms with Gasteiger partial charge in [-0.05, 0) is 113 Å². The van der Waals surface area contributed by atoms with E-state index < -0.39 is 0 Å². The SMILES string of the molecule is O=C(NC12CC3CC(CC(C3)C1)C2)c1nnc(C(=O)NC23CC4CC(CC(C4)C2)C3)o1. The average Bonchev–Trinajstić information content (AvgIpc) is 3.15. The molecule has 8 fully saturated rings. The molecule has 0 aromatic carbocycles. The number of hydrogen-bond donors (Lipinski definition) is 2. The molecule has 8 saturated carbocycles. The lowest BCUT2D eigenvalue weighted by molar-refractivity contribution is -0.0174. The first-order valence-corrected chi connectivity index (χ1v) is 12.4. The largest absolute Gasteiger partial charge is 0.408 e. The molecule has 8 aliphatic carbocycles. The first kappa shape index (κ1) is 18.6. The molecule has 31 heavy (non-hydrogen) atoms. The minimum atomic E-state index is -0.316. The minimum Gasteiger partial charge on any atom is -0.408 e. The van der Waals surface area contributed by atoms with Gasteiger partial charge in [0.1, 0.15) is 0 Å². The Labute approximate surface area is 182 Å². The van der Waals surface area contributed by atoms with E-state index in [-0.39, 0.29) is 34.7 Å². The van der Waals surface area contributed by atoms with Crippen LogP contribution in [0.1, 0.15) is 98.4 Å². The molecule has 2 amide bonds. The van der Waals surface area contributed by atoms with E-state index in [4.69, 9.17) is 4.42 Å². The van der Waals surface area contributed by atoms with Gasteiger partial charge >= 0.3 is 23.6 Å². The van der Waals surface area contributed by atoms with Crippen LogP contribution in [0.5, 0.6) is 0 Å². The van der Waals surface area contributed by atoms with E-state index in [0.717, 1.165) is 74.0 Å². The standard InChI is InChI=1S/C24H32N4O3/c29-19(25-23-7-13-1-14(8-23)3-15(2-13)9-23)21-27-28-22(31-21)20(30)26-24-10-16-4-17(11-24)6-18(5-16)12-24/h13-18H,1-12H2,(H,25,29)(H,26,30). The van der Waals surface area contributed by atoms with E-state index >= 15 is 0 Å². The third kappa shape index (κ3) is 3.05. The summed E-state index contributed by atoms with van der Waals surface area (Å²) in [4.78, 5) is 25.9. The number of amides is 2. The summed E-state index contributed by atoms with van der Waals surface area (Å²) < 4.78 is 5.59. The summed E-state index contributed by atoms with van der Waals surface area (Å²) in [5.41, 5.74) is -0.218. The molecule has 8 bridgehead atoms. The predicted octanol–water partition coefficient (Wildman–Crippen LogP) is 3.47. The van der Waals surface area contributed by atoms with Gasteiger partial charge in [-0.15, -0.1) is 10.2 Å². The van der Waals surface area contributed by atoms with Crippen molar-refractivity contribution >= 4 is 11.8 Å². The van der Waals surface area contributed by atoms with Crippen molar-refractivity contribution in [1.82, 2.24) is 20.8 Å². The van der Waals surface area contributed by atoms with Crippen molar-refractivity contribution in [2.24, 2.45) is 35.5 Å². The monoisotopic (exact) mass is 424 g/mol. The van der Waals surface area contributed by atoms with E-state index in [0.29, 0.717) is 0 Å². The molecule has 1 aromatic rings. The van der Waals surface area contributed by atoms with Crippen molar-refractivity contribution in [2.45, 2.75) is 88.1 Å². The van der Waals surface area contributed by atoms with Crippen molar-refractivity contribution in [3.8, 4) is 0 Å². The molecule has 0 atom stereocenters. The Kier molecular flexibility index (Phi) is 3.80. The van der Waals surface area contributed by atoms with Gasteiger partial charge in [-0.25, -0.2) is 0 Å². The fourth-order valence-electron chi connectivity index (χ4n) is 9.52. The Morgan fingerprint density at radius 1 is 0.613 bits per heavy atom. The van der Waals surface area contributed by atoms with Crippen molar-refractivity contribution in [3.05, 3.63) is 11.8 Å². The van der Waals surface area contributed by atoms with Crippen molar-refractivity contribution in [2.75, 3.05) is 0 Å². The lowest BCUT2D eigenvalue weighted by atomic mass is 9.53. The Hall–Kier alpha value is -1.92. The van der Waals surface area contributed by atoms with Crippen LogP contribution >= 0.6 is 0 Å². The van der Waals surface area contributed by atoms with E-state index in [2.05, 4.69) is 20.8 Å². The molecule has 0 unspecified atom stereocenters. The smallest absolute Gasteiger partial charge is 0.309 e. The second-order valence-corrected chi connectivity index (χ2v) is 12.2. The van der Waals surface area contributed by atoms with Crippen LogP contribution in [0.2, 0.25) is 0 Å². The van der Waals surface area contributed by atoms with Gasteiger partial charge in [0, 0.05) is 11.1 Å². The summed E-state index contributed by atoms with van der Waals surface area (Å²) in [5, 5.41) is 14.4. The number of aromatic nitrogens is 2. The first-order valence-electron chi connectivity index (χ1n) is 12.4. The molecule has 1 aromatic heterocycles. The highest BCUT2D eigenvalue weighted by molar-refractivity contribution is 5.93. The fraction of sp³-hybridized carbons (Fsp3) is 0.833. The van der Waals surface area contributed by atoms with Crippen LogP contribution in [0.25, 0.3) is 0 Å². The maximum Gasteiger partial charge on any atom is 0.309 e. The highest BCUT2D eigenvalue weighted by atomic mass is 16.4. The molecule has 0 spiro atoms. The summed E-state index contributed by atoms with van der Waals surface area (Å²) >= 11 is 0. The second-order valence-electron chi connectivity index (χ2n) is 12.2. The number of rotatable bonds is 4. The van der Waals surface area contributed by atoms with Crippen LogP contribution in [0.3, 0.4) is 0 Å². The second kappa shape index (κ2) is 6.32. The Balaban J connectivity index is 1.04. The van der Waals surface area contributed by atoms with Gasteiger partial charge in [-0.1, -0.05) is 0 Å². The summed E-state index contributed by atoms with van der Waals surface area (Å²) in [6, 6.07) is 0. The van der Waals surface area contributed by atoms with Gasteiger partial charge in [0.25, 0.3) is 0 Å². The third-order valence-corrected chi connectivity index (χ3v) is 9.65. The maximum absolute atomic E-state index is 12.9. The summed E-state index contributed by atoms with van der Waals surface area (Å²) in [6.07, 6.45) is 14.3. The predicted molar refractivity (Wildman–Crippen MR) is 111 cm³/mol. The topological polar surface area (TPSA) is 97.1 Å². The molecule has 0 radical (unpaired) electrons. The van der Waals surface area contributed by atoms with Crippen LogP contribution in [-0.4, -0.2) is 33.1 Å². The Morgan fingerprint density at radius 2 is 0.903 bits per heavy atom. The zero-order valence-corrected chi connectivity index (χ0v) is 18.1. The quantitative estimate of drug-likeness (QED) is 0.771. The molecular formula is C24H32N4O3. The van der Waals surface area contributed by atoms with Crippen LogP contribution in [0.15, 0.2) is 4.42 Å². The molecule has 0 saturated heterocycles. The van der Waals surface area contributed by atoms with Gasteiger partial charge < -0.3 is 15.1 Å². The normalized spacial score (nSPS) is 46.3. The summed E-state index contributed by atoms with van der Waals surface area (Å²) in [7, 11) is 0. The molecule has 7 nitrogen and oxygen atoms in total. The fourth-order valence-corrected chi connectivity index (χ4v) is 9.52. The van der Waals surface area contributed by atoms with Gasteiger partial charge in [-0.2, -0.15) is 0 Å².